The number of anilines is 1. The van der Waals surface area contributed by atoms with Crippen molar-refractivity contribution in [3.05, 3.63) is 47.0 Å². The van der Waals surface area contributed by atoms with E-state index in [1.807, 2.05) is 6.07 Å². The molecule has 21 heavy (non-hydrogen) atoms. The Kier molecular flexibility index (Phi) is 4.59. The molecule has 0 bridgehead atoms. The minimum absolute atomic E-state index is 0. The molecule has 5 nitrogen and oxygen atoms in total. The van der Waals surface area contributed by atoms with Crippen LogP contribution in [0, 0.1) is 5.82 Å². The van der Waals surface area contributed by atoms with Gasteiger partial charge in [-0.05, 0) is 30.2 Å². The number of hydrogen-bond donors (Lipinski definition) is 2. The van der Waals surface area contributed by atoms with Gasteiger partial charge in [-0.15, -0.1) is 12.4 Å². The average Bonchev–Trinajstić information content (AvgIpc) is 2.89. The molecular formula is C14H16ClFN4O. The molecule has 1 amide bonds. The summed E-state index contributed by atoms with van der Waals surface area (Å²) in [6, 6.07) is 3.46. The van der Waals surface area contributed by atoms with E-state index in [1.54, 1.807) is 19.3 Å². The number of benzene rings is 1. The molecule has 7 heteroatoms. The zero-order valence-electron chi connectivity index (χ0n) is 11.5. The normalized spacial score (nSPS) is 13.2. The summed E-state index contributed by atoms with van der Waals surface area (Å²) in [5.74, 6) is -0.688. The lowest BCUT2D eigenvalue weighted by molar-refractivity contribution is 0.102. The SMILES string of the molecule is Cl.Cn1cc(C(=O)Nc2ccc3c(c2F)CCNC3)cn1. The number of aryl methyl sites for hydroxylation is 1. The highest BCUT2D eigenvalue weighted by molar-refractivity contribution is 6.04. The summed E-state index contributed by atoms with van der Waals surface area (Å²) in [7, 11) is 1.73. The highest BCUT2D eigenvalue weighted by atomic mass is 35.5. The molecule has 0 saturated carbocycles. The molecule has 2 aromatic rings. The van der Waals surface area contributed by atoms with Crippen LogP contribution in [0.3, 0.4) is 0 Å². The summed E-state index contributed by atoms with van der Waals surface area (Å²) in [5, 5.41) is 9.72. The predicted molar refractivity (Wildman–Crippen MR) is 80.2 cm³/mol. The lowest BCUT2D eigenvalue weighted by atomic mass is 9.99. The van der Waals surface area contributed by atoms with E-state index in [0.29, 0.717) is 24.1 Å². The van der Waals surface area contributed by atoms with Gasteiger partial charge in [0.1, 0.15) is 5.82 Å². The second kappa shape index (κ2) is 6.24. The van der Waals surface area contributed by atoms with Gasteiger partial charge in [0.15, 0.2) is 0 Å². The fraction of sp³-hybridized carbons (Fsp3) is 0.286. The molecule has 0 unspecified atom stereocenters. The van der Waals surface area contributed by atoms with Crippen LogP contribution in [-0.2, 0) is 20.0 Å². The van der Waals surface area contributed by atoms with E-state index < -0.39 is 0 Å². The van der Waals surface area contributed by atoms with Crippen LogP contribution in [0.1, 0.15) is 21.5 Å². The number of nitrogens with one attached hydrogen (secondary N) is 2. The van der Waals surface area contributed by atoms with Crippen molar-refractivity contribution >= 4 is 24.0 Å². The first-order chi connectivity index (χ1) is 9.65. The maximum absolute atomic E-state index is 14.4. The summed E-state index contributed by atoms with van der Waals surface area (Å²) >= 11 is 0. The Morgan fingerprint density at radius 1 is 1.48 bits per heavy atom. The van der Waals surface area contributed by atoms with Gasteiger partial charge in [0.25, 0.3) is 5.91 Å². The standard InChI is InChI=1S/C14H15FN4O.ClH/c1-19-8-10(7-17-19)14(20)18-12-3-2-9-6-16-5-4-11(9)13(12)15;/h2-3,7-8,16H,4-6H2,1H3,(H,18,20);1H. The van der Waals surface area contributed by atoms with E-state index in [0.717, 1.165) is 12.1 Å². The van der Waals surface area contributed by atoms with Gasteiger partial charge in [-0.2, -0.15) is 5.10 Å². The van der Waals surface area contributed by atoms with Gasteiger partial charge in [-0.1, -0.05) is 6.07 Å². The zero-order chi connectivity index (χ0) is 14.1. The molecular weight excluding hydrogens is 295 g/mol. The monoisotopic (exact) mass is 310 g/mol. The number of fused-ring (bicyclic) bond motifs is 1. The summed E-state index contributed by atoms with van der Waals surface area (Å²) in [4.78, 5) is 12.0. The molecule has 1 aliphatic rings. The maximum Gasteiger partial charge on any atom is 0.258 e. The van der Waals surface area contributed by atoms with Crippen molar-refractivity contribution in [3.63, 3.8) is 0 Å². The lowest BCUT2D eigenvalue weighted by Gasteiger charge is -2.19. The smallest absolute Gasteiger partial charge is 0.258 e. The molecule has 112 valence electrons. The quantitative estimate of drug-likeness (QED) is 0.890. The van der Waals surface area contributed by atoms with Crippen molar-refractivity contribution < 1.29 is 9.18 Å². The highest BCUT2D eigenvalue weighted by Gasteiger charge is 2.18. The van der Waals surface area contributed by atoms with Crippen LogP contribution < -0.4 is 10.6 Å². The highest BCUT2D eigenvalue weighted by Crippen LogP contribution is 2.24. The molecule has 2 heterocycles. The van der Waals surface area contributed by atoms with Crippen LogP contribution in [0.2, 0.25) is 0 Å². The third kappa shape index (κ3) is 3.06. The van der Waals surface area contributed by atoms with Crippen LogP contribution in [0.15, 0.2) is 24.5 Å². The fourth-order valence-electron chi connectivity index (χ4n) is 2.36. The third-order valence-electron chi connectivity index (χ3n) is 3.42. The Balaban J connectivity index is 0.00000161. The largest absolute Gasteiger partial charge is 0.319 e. The molecule has 3 rings (SSSR count). The molecule has 0 fully saturated rings. The number of nitrogens with zero attached hydrogens (tertiary/aromatic N) is 2. The van der Waals surface area contributed by atoms with Crippen molar-refractivity contribution in [3.8, 4) is 0 Å². The Morgan fingerprint density at radius 3 is 3.00 bits per heavy atom. The molecule has 1 aromatic carbocycles. The molecule has 1 aliphatic heterocycles. The second-order valence-electron chi connectivity index (χ2n) is 4.85. The summed E-state index contributed by atoms with van der Waals surface area (Å²) in [6.07, 6.45) is 3.68. The van der Waals surface area contributed by atoms with Crippen molar-refractivity contribution in [1.29, 1.82) is 0 Å². The summed E-state index contributed by atoms with van der Waals surface area (Å²) in [5.41, 5.74) is 2.27. The Morgan fingerprint density at radius 2 is 2.29 bits per heavy atom. The van der Waals surface area contributed by atoms with Crippen molar-refractivity contribution in [1.82, 2.24) is 15.1 Å². The predicted octanol–water partition coefficient (Wildman–Crippen LogP) is 1.88. The van der Waals surface area contributed by atoms with Gasteiger partial charge in [-0.25, -0.2) is 4.39 Å². The van der Waals surface area contributed by atoms with E-state index in [4.69, 9.17) is 0 Å². The van der Waals surface area contributed by atoms with Crippen molar-refractivity contribution in [2.24, 2.45) is 7.05 Å². The van der Waals surface area contributed by atoms with Crippen molar-refractivity contribution in [2.45, 2.75) is 13.0 Å². The first kappa shape index (κ1) is 15.5. The molecule has 0 aliphatic carbocycles. The van der Waals surface area contributed by atoms with Crippen LogP contribution in [0.4, 0.5) is 10.1 Å². The Bertz CT molecular complexity index is 671. The minimum Gasteiger partial charge on any atom is -0.319 e. The second-order valence-corrected chi connectivity index (χ2v) is 4.85. The summed E-state index contributed by atoms with van der Waals surface area (Å²) < 4.78 is 15.9. The maximum atomic E-state index is 14.4. The van der Waals surface area contributed by atoms with Gasteiger partial charge in [0.2, 0.25) is 0 Å². The van der Waals surface area contributed by atoms with E-state index in [1.165, 1.54) is 10.9 Å². The van der Waals surface area contributed by atoms with Gasteiger partial charge >= 0.3 is 0 Å². The topological polar surface area (TPSA) is 59.0 Å². The minimum atomic E-state index is -0.356. The number of hydrogen-bond acceptors (Lipinski definition) is 3. The van der Waals surface area contributed by atoms with Gasteiger partial charge in [0, 0.05) is 19.8 Å². The number of carbonyl (C=O) groups excluding carboxylic acids is 1. The van der Waals surface area contributed by atoms with E-state index in [9.17, 15) is 9.18 Å². The zero-order valence-corrected chi connectivity index (χ0v) is 12.3. The van der Waals surface area contributed by atoms with Crippen LogP contribution in [-0.4, -0.2) is 22.2 Å². The number of aromatic nitrogens is 2. The van der Waals surface area contributed by atoms with Crippen molar-refractivity contribution in [2.75, 3.05) is 11.9 Å². The Hall–Kier alpha value is -1.92. The average molecular weight is 311 g/mol. The van der Waals surface area contributed by atoms with Crippen LogP contribution in [0.5, 0.6) is 0 Å². The van der Waals surface area contributed by atoms with E-state index >= 15 is 0 Å². The van der Waals surface area contributed by atoms with Crippen LogP contribution >= 0.6 is 12.4 Å². The summed E-state index contributed by atoms with van der Waals surface area (Å²) in [6.45, 7) is 1.42. The van der Waals surface area contributed by atoms with E-state index in [2.05, 4.69) is 15.7 Å². The first-order valence-electron chi connectivity index (χ1n) is 6.46. The van der Waals surface area contributed by atoms with Gasteiger partial charge in [-0.3, -0.25) is 9.48 Å². The lowest BCUT2D eigenvalue weighted by Crippen LogP contribution is -2.25. The number of amides is 1. The molecule has 0 spiro atoms. The van der Waals surface area contributed by atoms with Gasteiger partial charge < -0.3 is 10.6 Å². The molecule has 2 N–H and O–H groups in total. The molecule has 0 saturated heterocycles. The Labute approximate surface area is 127 Å². The van der Waals surface area contributed by atoms with E-state index in [-0.39, 0.29) is 29.8 Å². The van der Waals surface area contributed by atoms with Gasteiger partial charge in [0.05, 0.1) is 17.4 Å². The fourth-order valence-corrected chi connectivity index (χ4v) is 2.36. The van der Waals surface area contributed by atoms with Crippen LogP contribution in [0.25, 0.3) is 0 Å². The number of halogens is 2. The first-order valence-corrected chi connectivity index (χ1v) is 6.46. The number of carbonyl (C=O) groups is 1. The number of rotatable bonds is 2. The molecule has 0 atom stereocenters. The molecule has 1 aromatic heterocycles. The molecule has 0 radical (unpaired) electrons. The third-order valence-corrected chi connectivity index (χ3v) is 3.42.